The van der Waals surface area contributed by atoms with E-state index in [1.807, 2.05) is 0 Å². The van der Waals surface area contributed by atoms with Crippen LogP contribution in [0.5, 0.6) is 0 Å². The highest BCUT2D eigenvalue weighted by Crippen LogP contribution is 2.17. The lowest BCUT2D eigenvalue weighted by Gasteiger charge is -2.31. The van der Waals surface area contributed by atoms with Crippen molar-refractivity contribution in [2.24, 2.45) is 11.7 Å². The van der Waals surface area contributed by atoms with Gasteiger partial charge >= 0.3 is 0 Å². The Morgan fingerprint density at radius 1 is 0.900 bits per heavy atom. The molecule has 1 aliphatic rings. The molecule has 1 amide bonds. The van der Waals surface area contributed by atoms with E-state index in [-0.39, 0.29) is 11.8 Å². The normalized spacial score (nSPS) is 16.7. The molecule has 30 heavy (non-hydrogen) atoms. The van der Waals surface area contributed by atoms with Crippen molar-refractivity contribution in [2.75, 3.05) is 32.8 Å². The molecule has 0 bridgehead atoms. The number of nitrogens with zero attached hydrogens (tertiary/aromatic N) is 1. The summed E-state index contributed by atoms with van der Waals surface area (Å²) in [5, 5.41) is 10.1. The quantitative estimate of drug-likeness (QED) is 0.267. The number of nitrogens with two attached hydrogens (primary N) is 1. The molecule has 3 N–H and O–H groups in total. The van der Waals surface area contributed by atoms with Crippen LogP contribution in [0, 0.1) is 5.92 Å². The van der Waals surface area contributed by atoms with E-state index in [1.165, 1.54) is 83.5 Å². The van der Waals surface area contributed by atoms with Crippen molar-refractivity contribution in [2.45, 2.75) is 116 Å². The van der Waals surface area contributed by atoms with Crippen molar-refractivity contribution in [3.8, 4) is 0 Å². The molecule has 1 unspecified atom stereocenters. The summed E-state index contributed by atoms with van der Waals surface area (Å²) in [6.07, 6.45) is 20.2. The zero-order valence-corrected chi connectivity index (χ0v) is 19.8. The fourth-order valence-electron chi connectivity index (χ4n) is 4.37. The van der Waals surface area contributed by atoms with Gasteiger partial charge in [-0.25, -0.2) is 0 Å². The van der Waals surface area contributed by atoms with Gasteiger partial charge in [-0.05, 0) is 32.4 Å². The number of unbranched alkanes of at least 4 members (excludes halogenated alkanes) is 13. The monoisotopic (exact) mass is 426 g/mol. The van der Waals surface area contributed by atoms with Gasteiger partial charge in [-0.3, -0.25) is 4.79 Å². The maximum Gasteiger partial charge on any atom is 0.220 e. The second-order valence-corrected chi connectivity index (χ2v) is 9.30. The number of likely N-dealkylation sites (tertiary alicyclic amines) is 1. The van der Waals surface area contributed by atoms with Crippen LogP contribution in [0.1, 0.15) is 110 Å². The molecule has 0 aromatic carbocycles. The van der Waals surface area contributed by atoms with Crippen molar-refractivity contribution < 1.29 is 14.6 Å². The standard InChI is InChI=1S/C25H50N2O3/c1-2-3-4-5-6-7-8-9-10-11-12-13-14-15-20-30-22-24(28)21-27-18-16-23(17-19-27)25(26)29/h23-24,28H,2-22H2,1H3,(H2,26,29). The van der Waals surface area contributed by atoms with Crippen molar-refractivity contribution in [3.63, 3.8) is 0 Å². The highest BCUT2D eigenvalue weighted by Gasteiger charge is 2.24. The fourth-order valence-corrected chi connectivity index (χ4v) is 4.37. The lowest BCUT2D eigenvalue weighted by atomic mass is 9.96. The third-order valence-corrected chi connectivity index (χ3v) is 6.41. The summed E-state index contributed by atoms with van der Waals surface area (Å²) in [6.45, 7) is 5.74. The molecule has 1 saturated heterocycles. The van der Waals surface area contributed by atoms with E-state index in [0.717, 1.165) is 39.0 Å². The van der Waals surface area contributed by atoms with Gasteiger partial charge in [-0.2, -0.15) is 0 Å². The molecule has 1 atom stereocenters. The zero-order valence-electron chi connectivity index (χ0n) is 19.8. The fraction of sp³-hybridized carbons (Fsp3) is 0.960. The molecule has 5 nitrogen and oxygen atoms in total. The summed E-state index contributed by atoms with van der Waals surface area (Å²) in [5.41, 5.74) is 5.36. The molecule has 0 saturated carbocycles. The number of aliphatic hydroxyl groups excluding tert-OH is 1. The van der Waals surface area contributed by atoms with Crippen LogP contribution in [0.15, 0.2) is 0 Å². The predicted molar refractivity (Wildman–Crippen MR) is 125 cm³/mol. The Hall–Kier alpha value is -0.650. The second-order valence-electron chi connectivity index (χ2n) is 9.30. The van der Waals surface area contributed by atoms with Gasteiger partial charge in [0.2, 0.25) is 5.91 Å². The summed E-state index contributed by atoms with van der Waals surface area (Å²) in [4.78, 5) is 13.4. The lowest BCUT2D eigenvalue weighted by Crippen LogP contribution is -2.42. The summed E-state index contributed by atoms with van der Waals surface area (Å²) in [5.74, 6) is -0.179. The van der Waals surface area contributed by atoms with Crippen LogP contribution in [0.25, 0.3) is 0 Å². The second kappa shape index (κ2) is 19.1. The van der Waals surface area contributed by atoms with Gasteiger partial charge < -0.3 is 20.5 Å². The maximum absolute atomic E-state index is 11.2. The largest absolute Gasteiger partial charge is 0.389 e. The van der Waals surface area contributed by atoms with Crippen LogP contribution in [0.2, 0.25) is 0 Å². The molecule has 0 radical (unpaired) electrons. The predicted octanol–water partition coefficient (Wildman–Crippen LogP) is 5.04. The van der Waals surface area contributed by atoms with E-state index in [2.05, 4.69) is 11.8 Å². The molecule has 1 heterocycles. The van der Waals surface area contributed by atoms with Gasteiger partial charge in [0, 0.05) is 19.1 Å². The van der Waals surface area contributed by atoms with Crippen LogP contribution in [-0.4, -0.2) is 54.9 Å². The van der Waals surface area contributed by atoms with Gasteiger partial charge in [-0.15, -0.1) is 0 Å². The van der Waals surface area contributed by atoms with E-state index >= 15 is 0 Å². The molecular formula is C25H50N2O3. The van der Waals surface area contributed by atoms with Crippen LogP contribution in [0.4, 0.5) is 0 Å². The number of carbonyl (C=O) groups excluding carboxylic acids is 1. The Labute approximate surface area is 186 Å². The van der Waals surface area contributed by atoms with Crippen molar-refractivity contribution >= 4 is 5.91 Å². The number of β-amino-alcohol motifs (C(OH)–C–C–N with tert-alkyl or cyclic N) is 1. The third-order valence-electron chi connectivity index (χ3n) is 6.41. The van der Waals surface area contributed by atoms with Gasteiger partial charge in [0.15, 0.2) is 0 Å². The van der Waals surface area contributed by atoms with Crippen LogP contribution in [-0.2, 0) is 9.53 Å². The minimum atomic E-state index is -0.443. The number of amides is 1. The first-order valence-electron chi connectivity index (χ1n) is 12.9. The van der Waals surface area contributed by atoms with Crippen LogP contribution in [0.3, 0.4) is 0 Å². The minimum Gasteiger partial charge on any atom is -0.389 e. The van der Waals surface area contributed by atoms with Gasteiger partial charge in [0.25, 0.3) is 0 Å². The van der Waals surface area contributed by atoms with E-state index in [1.54, 1.807) is 0 Å². The SMILES string of the molecule is CCCCCCCCCCCCCCCCOCC(O)CN1CCC(C(N)=O)CC1. The summed E-state index contributed by atoms with van der Waals surface area (Å²) < 4.78 is 5.65. The topological polar surface area (TPSA) is 75.8 Å². The average molecular weight is 427 g/mol. The summed E-state index contributed by atoms with van der Waals surface area (Å²) in [6, 6.07) is 0. The Balaban J connectivity index is 1.78. The smallest absolute Gasteiger partial charge is 0.220 e. The maximum atomic E-state index is 11.2. The summed E-state index contributed by atoms with van der Waals surface area (Å²) >= 11 is 0. The lowest BCUT2D eigenvalue weighted by molar-refractivity contribution is -0.123. The molecular weight excluding hydrogens is 376 g/mol. The summed E-state index contributed by atoms with van der Waals surface area (Å²) in [7, 11) is 0. The number of aliphatic hydroxyl groups is 1. The molecule has 0 aromatic rings. The molecule has 0 aliphatic carbocycles. The molecule has 1 fully saturated rings. The number of primary amides is 1. The first-order valence-corrected chi connectivity index (χ1v) is 12.9. The Bertz CT molecular complexity index is 398. The highest BCUT2D eigenvalue weighted by molar-refractivity contribution is 5.76. The number of hydrogen-bond acceptors (Lipinski definition) is 4. The number of carbonyl (C=O) groups is 1. The van der Waals surface area contributed by atoms with Crippen molar-refractivity contribution in [1.82, 2.24) is 4.90 Å². The van der Waals surface area contributed by atoms with Gasteiger partial charge in [-0.1, -0.05) is 90.4 Å². The molecule has 0 spiro atoms. The van der Waals surface area contributed by atoms with Gasteiger partial charge in [0.05, 0.1) is 12.7 Å². The average Bonchev–Trinajstić information content (AvgIpc) is 2.74. The first-order chi connectivity index (χ1) is 14.6. The zero-order chi connectivity index (χ0) is 21.9. The Morgan fingerprint density at radius 3 is 1.83 bits per heavy atom. The molecule has 178 valence electrons. The number of ether oxygens (including phenoxy) is 1. The van der Waals surface area contributed by atoms with Crippen molar-refractivity contribution in [3.05, 3.63) is 0 Å². The Kier molecular flexibility index (Phi) is 17.4. The van der Waals surface area contributed by atoms with Crippen LogP contribution < -0.4 is 5.73 Å². The van der Waals surface area contributed by atoms with E-state index in [9.17, 15) is 9.90 Å². The number of piperidine rings is 1. The molecule has 5 heteroatoms. The van der Waals surface area contributed by atoms with E-state index in [4.69, 9.17) is 10.5 Å². The van der Waals surface area contributed by atoms with Crippen molar-refractivity contribution in [1.29, 1.82) is 0 Å². The molecule has 1 rings (SSSR count). The third kappa shape index (κ3) is 15.2. The first kappa shape index (κ1) is 27.4. The van der Waals surface area contributed by atoms with Crippen LogP contribution >= 0.6 is 0 Å². The van der Waals surface area contributed by atoms with E-state index in [0.29, 0.717) is 13.2 Å². The minimum absolute atomic E-state index is 0.00923. The number of rotatable bonds is 20. The molecule has 0 aromatic heterocycles. The number of hydrogen-bond donors (Lipinski definition) is 2. The molecule has 1 aliphatic heterocycles. The van der Waals surface area contributed by atoms with E-state index < -0.39 is 6.10 Å². The van der Waals surface area contributed by atoms with Gasteiger partial charge in [0.1, 0.15) is 0 Å². The Morgan fingerprint density at radius 2 is 1.37 bits per heavy atom. The highest BCUT2D eigenvalue weighted by atomic mass is 16.5.